The molecule has 0 saturated carbocycles. The van der Waals surface area contributed by atoms with Gasteiger partial charge in [-0.2, -0.15) is 10.1 Å². The standard InChI is InChI=1S/C25H24N4O4/c1-15-13-22(27-24-23(15)16(2)28-29(24)19-7-5-4-6-8-19)33-17(3)25(30)26-18-9-10-20-21(14-18)32-12-11-31-20/h4-10,13-14,17H,11-12H2,1-3H3,(H,26,30). The first-order valence-electron chi connectivity index (χ1n) is 10.8. The Hall–Kier alpha value is -4.07. The van der Waals surface area contributed by atoms with Crippen molar-refractivity contribution in [2.75, 3.05) is 18.5 Å². The van der Waals surface area contributed by atoms with Crippen LogP contribution in [0.1, 0.15) is 18.2 Å². The first-order chi connectivity index (χ1) is 16.0. The van der Waals surface area contributed by atoms with E-state index in [4.69, 9.17) is 14.2 Å². The van der Waals surface area contributed by atoms with Crippen LogP contribution >= 0.6 is 0 Å². The van der Waals surface area contributed by atoms with Crippen LogP contribution in [-0.4, -0.2) is 40.0 Å². The first-order valence-corrected chi connectivity index (χ1v) is 10.8. The predicted octanol–water partition coefficient (Wildman–Crippen LogP) is 4.21. The number of hydrogen-bond acceptors (Lipinski definition) is 6. The van der Waals surface area contributed by atoms with Crippen LogP contribution in [-0.2, 0) is 4.79 Å². The van der Waals surface area contributed by atoms with Crippen molar-refractivity contribution in [3.8, 4) is 23.1 Å². The zero-order chi connectivity index (χ0) is 22.9. The molecule has 8 nitrogen and oxygen atoms in total. The summed E-state index contributed by atoms with van der Waals surface area (Å²) in [5.41, 5.74) is 4.07. The van der Waals surface area contributed by atoms with E-state index in [1.54, 1.807) is 29.8 Å². The van der Waals surface area contributed by atoms with E-state index in [2.05, 4.69) is 15.4 Å². The maximum absolute atomic E-state index is 12.8. The fraction of sp³-hybridized carbons (Fsp3) is 0.240. The molecule has 1 atom stereocenters. The Labute approximate surface area is 191 Å². The molecule has 1 unspecified atom stereocenters. The topological polar surface area (TPSA) is 87.5 Å². The molecule has 3 heterocycles. The summed E-state index contributed by atoms with van der Waals surface area (Å²) in [6.07, 6.45) is -0.767. The number of carbonyl (C=O) groups is 1. The van der Waals surface area contributed by atoms with Crippen LogP contribution in [0.5, 0.6) is 17.4 Å². The third kappa shape index (κ3) is 4.07. The molecule has 1 amide bonds. The molecule has 0 aliphatic carbocycles. The zero-order valence-electron chi connectivity index (χ0n) is 18.7. The van der Waals surface area contributed by atoms with Crippen LogP contribution in [0, 0.1) is 13.8 Å². The summed E-state index contributed by atoms with van der Waals surface area (Å²) >= 11 is 0. The van der Waals surface area contributed by atoms with Gasteiger partial charge in [0.2, 0.25) is 5.88 Å². The normalized spacial score (nSPS) is 13.5. The van der Waals surface area contributed by atoms with Crippen LogP contribution in [0.25, 0.3) is 16.7 Å². The van der Waals surface area contributed by atoms with Crippen LogP contribution in [0.15, 0.2) is 54.6 Å². The van der Waals surface area contributed by atoms with Crippen molar-refractivity contribution in [2.24, 2.45) is 0 Å². The lowest BCUT2D eigenvalue weighted by atomic mass is 10.1. The van der Waals surface area contributed by atoms with E-state index >= 15 is 0 Å². The van der Waals surface area contributed by atoms with Crippen molar-refractivity contribution in [3.05, 3.63) is 65.9 Å². The summed E-state index contributed by atoms with van der Waals surface area (Å²) in [6.45, 7) is 6.63. The van der Waals surface area contributed by atoms with E-state index in [0.29, 0.717) is 41.9 Å². The Morgan fingerprint density at radius 2 is 1.82 bits per heavy atom. The van der Waals surface area contributed by atoms with Gasteiger partial charge in [-0.05, 0) is 50.6 Å². The second kappa shape index (κ2) is 8.46. The van der Waals surface area contributed by atoms with E-state index < -0.39 is 6.10 Å². The Bertz CT molecular complexity index is 1330. The molecule has 2 aromatic heterocycles. The number of para-hydroxylation sites is 1. The van der Waals surface area contributed by atoms with E-state index in [0.717, 1.165) is 22.3 Å². The average molecular weight is 444 g/mol. The van der Waals surface area contributed by atoms with Crippen molar-refractivity contribution >= 4 is 22.6 Å². The maximum atomic E-state index is 12.8. The molecule has 0 saturated heterocycles. The third-order valence-electron chi connectivity index (χ3n) is 5.46. The van der Waals surface area contributed by atoms with Gasteiger partial charge in [0.1, 0.15) is 13.2 Å². The lowest BCUT2D eigenvalue weighted by Gasteiger charge is -2.19. The minimum atomic E-state index is -0.767. The van der Waals surface area contributed by atoms with Crippen LogP contribution in [0.4, 0.5) is 5.69 Å². The van der Waals surface area contributed by atoms with Crippen molar-refractivity contribution in [1.29, 1.82) is 0 Å². The minimum Gasteiger partial charge on any atom is -0.486 e. The molecule has 0 spiro atoms. The van der Waals surface area contributed by atoms with Gasteiger partial charge in [0.25, 0.3) is 5.91 Å². The highest BCUT2D eigenvalue weighted by atomic mass is 16.6. The number of hydrogen-bond donors (Lipinski definition) is 1. The lowest BCUT2D eigenvalue weighted by Crippen LogP contribution is -2.30. The molecule has 33 heavy (non-hydrogen) atoms. The third-order valence-corrected chi connectivity index (χ3v) is 5.46. The first kappa shape index (κ1) is 20.8. The number of ether oxygens (including phenoxy) is 3. The molecule has 0 radical (unpaired) electrons. The number of amides is 1. The van der Waals surface area contributed by atoms with Crippen molar-refractivity contribution < 1.29 is 19.0 Å². The number of pyridine rings is 1. The molecular formula is C25H24N4O4. The van der Waals surface area contributed by atoms with Gasteiger partial charge in [-0.25, -0.2) is 4.68 Å². The van der Waals surface area contributed by atoms with Crippen molar-refractivity contribution in [1.82, 2.24) is 14.8 Å². The molecule has 5 rings (SSSR count). The molecule has 1 aliphatic heterocycles. The molecule has 168 valence electrons. The summed E-state index contributed by atoms with van der Waals surface area (Å²) in [5, 5.41) is 8.50. The van der Waals surface area contributed by atoms with Gasteiger partial charge in [-0.15, -0.1) is 0 Å². The molecule has 2 aromatic carbocycles. The predicted molar refractivity (Wildman–Crippen MR) is 124 cm³/mol. The van der Waals surface area contributed by atoms with E-state index in [9.17, 15) is 4.79 Å². The number of benzene rings is 2. The molecule has 1 N–H and O–H groups in total. The van der Waals surface area contributed by atoms with Gasteiger partial charge < -0.3 is 19.5 Å². The largest absolute Gasteiger partial charge is 0.486 e. The minimum absolute atomic E-state index is 0.293. The molecule has 4 aromatic rings. The van der Waals surface area contributed by atoms with Gasteiger partial charge in [-0.1, -0.05) is 18.2 Å². The van der Waals surface area contributed by atoms with Crippen LogP contribution < -0.4 is 19.5 Å². The van der Waals surface area contributed by atoms with Gasteiger partial charge in [0.05, 0.1) is 11.4 Å². The van der Waals surface area contributed by atoms with E-state index in [1.807, 2.05) is 50.2 Å². The van der Waals surface area contributed by atoms with Crippen LogP contribution in [0.3, 0.4) is 0 Å². The summed E-state index contributed by atoms with van der Waals surface area (Å²) in [4.78, 5) is 17.5. The summed E-state index contributed by atoms with van der Waals surface area (Å²) in [6, 6.07) is 16.9. The number of aromatic nitrogens is 3. The van der Waals surface area contributed by atoms with E-state index in [-0.39, 0.29) is 5.91 Å². The Balaban J connectivity index is 1.38. The highest BCUT2D eigenvalue weighted by Gasteiger charge is 2.20. The highest BCUT2D eigenvalue weighted by molar-refractivity contribution is 5.94. The second-order valence-corrected chi connectivity index (χ2v) is 7.92. The Morgan fingerprint density at radius 3 is 2.61 bits per heavy atom. The van der Waals surface area contributed by atoms with Gasteiger partial charge in [-0.3, -0.25) is 4.79 Å². The van der Waals surface area contributed by atoms with Crippen molar-refractivity contribution in [3.63, 3.8) is 0 Å². The van der Waals surface area contributed by atoms with E-state index in [1.165, 1.54) is 0 Å². The number of fused-ring (bicyclic) bond motifs is 2. The molecule has 1 aliphatic rings. The number of nitrogens with zero attached hydrogens (tertiary/aromatic N) is 3. The summed E-state index contributed by atoms with van der Waals surface area (Å²) in [5.74, 6) is 1.35. The molecular weight excluding hydrogens is 420 g/mol. The van der Waals surface area contributed by atoms with Crippen LogP contribution in [0.2, 0.25) is 0 Å². The molecule has 0 bridgehead atoms. The summed E-state index contributed by atoms with van der Waals surface area (Å²) in [7, 11) is 0. The number of nitrogens with one attached hydrogen (secondary N) is 1. The Morgan fingerprint density at radius 1 is 1.06 bits per heavy atom. The molecule has 8 heteroatoms. The number of carbonyl (C=O) groups excluding carboxylic acids is 1. The number of aryl methyl sites for hydroxylation is 2. The smallest absolute Gasteiger partial charge is 0.265 e. The number of rotatable bonds is 5. The zero-order valence-corrected chi connectivity index (χ0v) is 18.7. The highest BCUT2D eigenvalue weighted by Crippen LogP contribution is 2.33. The second-order valence-electron chi connectivity index (χ2n) is 7.92. The Kier molecular flexibility index (Phi) is 5.34. The lowest BCUT2D eigenvalue weighted by molar-refractivity contribution is -0.122. The molecule has 0 fully saturated rings. The van der Waals surface area contributed by atoms with Gasteiger partial charge >= 0.3 is 0 Å². The average Bonchev–Trinajstić information content (AvgIpc) is 3.16. The monoisotopic (exact) mass is 444 g/mol. The summed E-state index contributed by atoms with van der Waals surface area (Å²) < 4.78 is 18.8. The van der Waals surface area contributed by atoms with Gasteiger partial charge in [0, 0.05) is 23.2 Å². The van der Waals surface area contributed by atoms with Crippen molar-refractivity contribution in [2.45, 2.75) is 26.9 Å². The fourth-order valence-corrected chi connectivity index (χ4v) is 3.88. The SMILES string of the molecule is Cc1cc(OC(C)C(=O)Nc2ccc3c(c2)OCCO3)nc2c1c(C)nn2-c1ccccc1. The number of anilines is 1. The fourth-order valence-electron chi connectivity index (χ4n) is 3.88. The van der Waals surface area contributed by atoms with Gasteiger partial charge in [0.15, 0.2) is 23.3 Å². The quantitative estimate of drug-likeness (QED) is 0.496. The maximum Gasteiger partial charge on any atom is 0.265 e.